The van der Waals surface area contributed by atoms with Gasteiger partial charge in [0, 0.05) is 0 Å². The first kappa shape index (κ1) is 14.9. The van der Waals surface area contributed by atoms with E-state index in [1.807, 2.05) is 32.0 Å². The molecular weight excluding hydrogens is 293 g/mol. The van der Waals surface area contributed by atoms with Crippen LogP contribution in [0.25, 0.3) is 0 Å². The number of aryl methyl sites for hydroxylation is 2. The van der Waals surface area contributed by atoms with E-state index in [4.69, 9.17) is 23.2 Å². The molecule has 4 heteroatoms. The molecule has 0 saturated heterocycles. The number of anilines is 1. The number of halogens is 2. The van der Waals surface area contributed by atoms with Crippen molar-refractivity contribution in [2.45, 2.75) is 20.3 Å². The van der Waals surface area contributed by atoms with Crippen molar-refractivity contribution < 1.29 is 4.79 Å². The van der Waals surface area contributed by atoms with Gasteiger partial charge in [0.2, 0.25) is 5.91 Å². The molecule has 0 spiro atoms. The summed E-state index contributed by atoms with van der Waals surface area (Å²) in [4.78, 5) is 12.1. The summed E-state index contributed by atoms with van der Waals surface area (Å²) in [6, 6.07) is 11.2. The lowest BCUT2D eigenvalue weighted by atomic mass is 10.0. The molecule has 104 valence electrons. The lowest BCUT2D eigenvalue weighted by molar-refractivity contribution is -0.115. The highest BCUT2D eigenvalue weighted by Gasteiger charge is 2.11. The van der Waals surface area contributed by atoms with Crippen LogP contribution in [0, 0.1) is 13.8 Å². The highest BCUT2D eigenvalue weighted by atomic mass is 35.5. The van der Waals surface area contributed by atoms with Crippen molar-refractivity contribution in [2.75, 3.05) is 5.32 Å². The molecule has 1 N–H and O–H groups in total. The molecule has 0 aliphatic rings. The van der Waals surface area contributed by atoms with Crippen molar-refractivity contribution in [1.29, 1.82) is 0 Å². The van der Waals surface area contributed by atoms with E-state index in [2.05, 4.69) is 5.32 Å². The molecule has 0 bridgehead atoms. The van der Waals surface area contributed by atoms with Crippen LogP contribution >= 0.6 is 23.2 Å². The molecule has 0 atom stereocenters. The van der Waals surface area contributed by atoms with Gasteiger partial charge in [-0.3, -0.25) is 4.79 Å². The molecule has 0 heterocycles. The van der Waals surface area contributed by atoms with E-state index < -0.39 is 0 Å². The van der Waals surface area contributed by atoms with Crippen LogP contribution in [-0.4, -0.2) is 5.91 Å². The molecule has 0 radical (unpaired) electrons. The standard InChI is InChI=1S/C16H15Cl2NO/c1-10-6-7-11(2)12(8-10)9-15(20)19-16-13(17)4-3-5-14(16)18/h3-8H,9H2,1-2H3,(H,19,20). The van der Waals surface area contributed by atoms with Gasteiger partial charge in [0.25, 0.3) is 0 Å². The van der Waals surface area contributed by atoms with Crippen molar-refractivity contribution in [3.05, 3.63) is 63.1 Å². The third kappa shape index (κ3) is 3.53. The normalized spacial score (nSPS) is 10.4. The highest BCUT2D eigenvalue weighted by Crippen LogP contribution is 2.29. The fourth-order valence-corrected chi connectivity index (χ4v) is 2.46. The molecule has 0 saturated carbocycles. The maximum Gasteiger partial charge on any atom is 0.228 e. The minimum Gasteiger partial charge on any atom is -0.323 e. The van der Waals surface area contributed by atoms with E-state index >= 15 is 0 Å². The first-order valence-electron chi connectivity index (χ1n) is 6.27. The molecule has 0 aromatic heterocycles. The maximum atomic E-state index is 12.1. The second-order valence-electron chi connectivity index (χ2n) is 4.75. The van der Waals surface area contributed by atoms with Crippen molar-refractivity contribution in [1.82, 2.24) is 0 Å². The van der Waals surface area contributed by atoms with Crippen molar-refractivity contribution in [3.8, 4) is 0 Å². The number of benzene rings is 2. The lowest BCUT2D eigenvalue weighted by Gasteiger charge is -2.10. The molecule has 0 fully saturated rings. The van der Waals surface area contributed by atoms with Gasteiger partial charge in [0.15, 0.2) is 0 Å². The summed E-state index contributed by atoms with van der Waals surface area (Å²) in [5.74, 6) is -0.131. The number of rotatable bonds is 3. The van der Waals surface area contributed by atoms with E-state index in [1.165, 1.54) is 0 Å². The van der Waals surface area contributed by atoms with Crippen LogP contribution in [0.15, 0.2) is 36.4 Å². The molecule has 20 heavy (non-hydrogen) atoms. The predicted octanol–water partition coefficient (Wildman–Crippen LogP) is 4.79. The molecule has 1 amide bonds. The Hall–Kier alpha value is -1.51. The summed E-state index contributed by atoms with van der Waals surface area (Å²) in [5, 5.41) is 3.64. The Balaban J connectivity index is 2.15. The monoisotopic (exact) mass is 307 g/mol. The van der Waals surface area contributed by atoms with E-state index in [9.17, 15) is 4.79 Å². The Morgan fingerprint density at radius 2 is 1.75 bits per heavy atom. The second kappa shape index (κ2) is 6.29. The first-order chi connectivity index (χ1) is 9.47. The van der Waals surface area contributed by atoms with Crippen LogP contribution in [0.4, 0.5) is 5.69 Å². The molecule has 2 rings (SSSR count). The van der Waals surface area contributed by atoms with Gasteiger partial charge in [-0.1, -0.05) is 53.0 Å². The molecular formula is C16H15Cl2NO. The number of carbonyl (C=O) groups is 1. The summed E-state index contributed by atoms with van der Waals surface area (Å²) < 4.78 is 0. The van der Waals surface area contributed by atoms with Crippen molar-refractivity contribution >= 4 is 34.8 Å². The average Bonchev–Trinajstić information content (AvgIpc) is 2.38. The van der Waals surface area contributed by atoms with Gasteiger partial charge in [-0.2, -0.15) is 0 Å². The number of hydrogen-bond donors (Lipinski definition) is 1. The van der Waals surface area contributed by atoms with E-state index in [1.54, 1.807) is 18.2 Å². The summed E-state index contributed by atoms with van der Waals surface area (Å²) in [5.41, 5.74) is 3.70. The third-order valence-electron chi connectivity index (χ3n) is 3.08. The quantitative estimate of drug-likeness (QED) is 0.867. The zero-order valence-electron chi connectivity index (χ0n) is 11.3. The third-order valence-corrected chi connectivity index (χ3v) is 3.71. The summed E-state index contributed by atoms with van der Waals surface area (Å²) in [7, 11) is 0. The minimum absolute atomic E-state index is 0.131. The molecule has 0 aliphatic carbocycles. The van der Waals surface area contributed by atoms with Gasteiger partial charge >= 0.3 is 0 Å². The fraction of sp³-hybridized carbons (Fsp3) is 0.188. The Bertz CT molecular complexity index is 633. The first-order valence-corrected chi connectivity index (χ1v) is 7.03. The molecule has 2 nitrogen and oxygen atoms in total. The smallest absolute Gasteiger partial charge is 0.228 e. The Labute approximate surface area is 128 Å². The Kier molecular flexibility index (Phi) is 4.69. The fourth-order valence-electron chi connectivity index (χ4n) is 1.96. The highest BCUT2D eigenvalue weighted by molar-refractivity contribution is 6.39. The van der Waals surface area contributed by atoms with Crippen LogP contribution in [-0.2, 0) is 11.2 Å². The van der Waals surface area contributed by atoms with Crippen LogP contribution in [0.5, 0.6) is 0 Å². The van der Waals surface area contributed by atoms with E-state index in [-0.39, 0.29) is 5.91 Å². The van der Waals surface area contributed by atoms with Crippen LogP contribution in [0.1, 0.15) is 16.7 Å². The summed E-state index contributed by atoms with van der Waals surface area (Å²) in [6.45, 7) is 4.00. The van der Waals surface area contributed by atoms with Gasteiger partial charge in [0.05, 0.1) is 22.2 Å². The van der Waals surface area contributed by atoms with Gasteiger partial charge < -0.3 is 5.32 Å². The molecule has 0 unspecified atom stereocenters. The zero-order valence-corrected chi connectivity index (χ0v) is 12.8. The van der Waals surface area contributed by atoms with Crippen LogP contribution in [0.2, 0.25) is 10.0 Å². The zero-order chi connectivity index (χ0) is 14.7. The second-order valence-corrected chi connectivity index (χ2v) is 5.57. The van der Waals surface area contributed by atoms with Gasteiger partial charge in [-0.05, 0) is 37.1 Å². The Morgan fingerprint density at radius 3 is 2.40 bits per heavy atom. The van der Waals surface area contributed by atoms with Crippen LogP contribution in [0.3, 0.4) is 0 Å². The number of amides is 1. The van der Waals surface area contributed by atoms with Crippen molar-refractivity contribution in [3.63, 3.8) is 0 Å². The summed E-state index contributed by atoms with van der Waals surface area (Å²) in [6.07, 6.45) is 0.301. The number of carbonyl (C=O) groups excluding carboxylic acids is 1. The average molecular weight is 308 g/mol. The number of para-hydroxylation sites is 1. The molecule has 2 aromatic carbocycles. The molecule has 2 aromatic rings. The molecule has 0 aliphatic heterocycles. The van der Waals surface area contributed by atoms with Gasteiger partial charge in [-0.15, -0.1) is 0 Å². The van der Waals surface area contributed by atoms with Gasteiger partial charge in [0.1, 0.15) is 0 Å². The lowest BCUT2D eigenvalue weighted by Crippen LogP contribution is -2.15. The predicted molar refractivity (Wildman–Crippen MR) is 84.7 cm³/mol. The maximum absolute atomic E-state index is 12.1. The Morgan fingerprint density at radius 1 is 1.10 bits per heavy atom. The number of hydrogen-bond acceptors (Lipinski definition) is 1. The minimum atomic E-state index is -0.131. The largest absolute Gasteiger partial charge is 0.323 e. The summed E-state index contributed by atoms with van der Waals surface area (Å²) >= 11 is 12.1. The van der Waals surface area contributed by atoms with E-state index in [0.29, 0.717) is 22.2 Å². The van der Waals surface area contributed by atoms with Crippen LogP contribution < -0.4 is 5.32 Å². The van der Waals surface area contributed by atoms with E-state index in [0.717, 1.165) is 16.7 Å². The van der Waals surface area contributed by atoms with Crippen molar-refractivity contribution in [2.24, 2.45) is 0 Å². The number of nitrogens with one attached hydrogen (secondary N) is 1. The topological polar surface area (TPSA) is 29.1 Å². The van der Waals surface area contributed by atoms with Gasteiger partial charge in [-0.25, -0.2) is 0 Å². The SMILES string of the molecule is Cc1ccc(C)c(CC(=O)Nc2c(Cl)cccc2Cl)c1.